The number of rotatable bonds is 6. The van der Waals surface area contributed by atoms with E-state index in [1.807, 2.05) is 13.8 Å². The van der Waals surface area contributed by atoms with E-state index in [0.29, 0.717) is 0 Å². The summed E-state index contributed by atoms with van der Waals surface area (Å²) in [5.41, 5.74) is 5.89. The summed E-state index contributed by atoms with van der Waals surface area (Å²) in [6, 6.07) is 6.33. The molecule has 18 heavy (non-hydrogen) atoms. The molecule has 0 saturated carbocycles. The van der Waals surface area contributed by atoms with E-state index in [2.05, 4.69) is 5.32 Å². The topological polar surface area (TPSA) is 55.1 Å². The SMILES string of the molecule is CC(N)CCCC(C)C(=O)Nc1ccccc1F. The van der Waals surface area contributed by atoms with Gasteiger partial charge in [0.1, 0.15) is 5.82 Å². The predicted molar refractivity (Wildman–Crippen MR) is 71.7 cm³/mol. The number of nitrogens with one attached hydrogen (secondary N) is 1. The van der Waals surface area contributed by atoms with Gasteiger partial charge in [-0.25, -0.2) is 4.39 Å². The molecule has 1 aromatic carbocycles. The summed E-state index contributed by atoms with van der Waals surface area (Å²) in [4.78, 5) is 11.8. The fourth-order valence-electron chi connectivity index (χ4n) is 1.70. The summed E-state index contributed by atoms with van der Waals surface area (Å²) in [7, 11) is 0. The number of carbonyl (C=O) groups excluding carboxylic acids is 1. The molecular formula is C14H21FN2O. The second-order valence-electron chi connectivity index (χ2n) is 4.78. The van der Waals surface area contributed by atoms with Crippen molar-refractivity contribution in [2.75, 3.05) is 5.32 Å². The van der Waals surface area contributed by atoms with Crippen molar-refractivity contribution in [1.29, 1.82) is 0 Å². The third kappa shape index (κ3) is 4.84. The van der Waals surface area contributed by atoms with Gasteiger partial charge in [0.05, 0.1) is 5.69 Å². The molecule has 0 saturated heterocycles. The molecule has 0 aliphatic heterocycles. The number of anilines is 1. The van der Waals surface area contributed by atoms with Gasteiger partial charge >= 0.3 is 0 Å². The maximum absolute atomic E-state index is 13.3. The van der Waals surface area contributed by atoms with Gasteiger partial charge in [0, 0.05) is 12.0 Å². The zero-order chi connectivity index (χ0) is 13.5. The molecule has 0 bridgehead atoms. The van der Waals surface area contributed by atoms with Gasteiger partial charge in [-0.05, 0) is 31.9 Å². The van der Waals surface area contributed by atoms with E-state index in [0.717, 1.165) is 19.3 Å². The highest BCUT2D eigenvalue weighted by atomic mass is 19.1. The van der Waals surface area contributed by atoms with Crippen molar-refractivity contribution in [3.8, 4) is 0 Å². The van der Waals surface area contributed by atoms with Crippen LogP contribution in [0.1, 0.15) is 33.1 Å². The Morgan fingerprint density at radius 1 is 1.33 bits per heavy atom. The minimum absolute atomic E-state index is 0.136. The van der Waals surface area contributed by atoms with E-state index in [9.17, 15) is 9.18 Å². The van der Waals surface area contributed by atoms with Crippen molar-refractivity contribution < 1.29 is 9.18 Å². The highest BCUT2D eigenvalue weighted by Gasteiger charge is 2.14. The van der Waals surface area contributed by atoms with Crippen molar-refractivity contribution in [2.45, 2.75) is 39.2 Å². The first-order valence-corrected chi connectivity index (χ1v) is 6.31. The van der Waals surface area contributed by atoms with Crippen LogP contribution in [0.4, 0.5) is 10.1 Å². The van der Waals surface area contributed by atoms with Gasteiger partial charge < -0.3 is 11.1 Å². The molecule has 3 N–H and O–H groups in total. The Morgan fingerprint density at radius 2 is 2.00 bits per heavy atom. The number of hydrogen-bond donors (Lipinski definition) is 2. The van der Waals surface area contributed by atoms with Crippen molar-refractivity contribution in [1.82, 2.24) is 0 Å². The molecule has 0 spiro atoms. The van der Waals surface area contributed by atoms with E-state index in [4.69, 9.17) is 5.73 Å². The number of carbonyl (C=O) groups is 1. The van der Waals surface area contributed by atoms with E-state index in [1.165, 1.54) is 6.07 Å². The lowest BCUT2D eigenvalue weighted by molar-refractivity contribution is -0.119. The highest BCUT2D eigenvalue weighted by molar-refractivity contribution is 5.92. The number of para-hydroxylation sites is 1. The summed E-state index contributed by atoms with van der Waals surface area (Å²) in [5, 5.41) is 2.60. The fourth-order valence-corrected chi connectivity index (χ4v) is 1.70. The van der Waals surface area contributed by atoms with Crippen molar-refractivity contribution in [2.24, 2.45) is 11.7 Å². The molecule has 100 valence electrons. The molecule has 4 heteroatoms. The molecule has 2 unspecified atom stereocenters. The molecule has 0 aliphatic carbocycles. The number of halogens is 1. The van der Waals surface area contributed by atoms with Gasteiger partial charge in [0.15, 0.2) is 0 Å². The normalized spacial score (nSPS) is 14.0. The molecule has 1 aromatic rings. The minimum atomic E-state index is -0.409. The van der Waals surface area contributed by atoms with Crippen LogP contribution in [-0.2, 0) is 4.79 Å². The van der Waals surface area contributed by atoms with Crippen LogP contribution in [0, 0.1) is 11.7 Å². The van der Waals surface area contributed by atoms with Crippen LogP contribution in [0.25, 0.3) is 0 Å². The Hall–Kier alpha value is -1.42. The zero-order valence-corrected chi connectivity index (χ0v) is 10.9. The predicted octanol–water partition coefficient (Wildman–Crippen LogP) is 2.92. The summed E-state index contributed by atoms with van der Waals surface area (Å²) < 4.78 is 13.3. The first-order valence-electron chi connectivity index (χ1n) is 6.31. The Bertz CT molecular complexity index is 393. The summed E-state index contributed by atoms with van der Waals surface area (Å²) in [5.74, 6) is -0.693. The lowest BCUT2D eigenvalue weighted by Gasteiger charge is -2.13. The van der Waals surface area contributed by atoms with E-state index in [-0.39, 0.29) is 23.6 Å². The number of benzene rings is 1. The zero-order valence-electron chi connectivity index (χ0n) is 10.9. The molecule has 0 fully saturated rings. The van der Waals surface area contributed by atoms with Gasteiger partial charge in [0.2, 0.25) is 5.91 Å². The third-order valence-electron chi connectivity index (χ3n) is 2.88. The van der Waals surface area contributed by atoms with Crippen LogP contribution in [0.5, 0.6) is 0 Å². The minimum Gasteiger partial charge on any atom is -0.328 e. The van der Waals surface area contributed by atoms with Crippen molar-refractivity contribution >= 4 is 11.6 Å². The number of amides is 1. The Balaban J connectivity index is 2.43. The standard InChI is InChI=1S/C14H21FN2O/c1-10(6-5-7-11(2)16)14(18)17-13-9-4-3-8-12(13)15/h3-4,8-11H,5-7,16H2,1-2H3,(H,17,18). The van der Waals surface area contributed by atoms with Gasteiger partial charge in [-0.2, -0.15) is 0 Å². The van der Waals surface area contributed by atoms with Crippen LogP contribution in [-0.4, -0.2) is 11.9 Å². The average molecular weight is 252 g/mol. The molecule has 0 aliphatic rings. The molecule has 1 rings (SSSR count). The van der Waals surface area contributed by atoms with Crippen LogP contribution in [0.2, 0.25) is 0 Å². The Labute approximate surface area is 108 Å². The molecule has 1 amide bonds. The Morgan fingerprint density at radius 3 is 2.61 bits per heavy atom. The number of nitrogens with two attached hydrogens (primary N) is 1. The summed E-state index contributed by atoms with van der Waals surface area (Å²) in [6.07, 6.45) is 2.57. The highest BCUT2D eigenvalue weighted by Crippen LogP contribution is 2.16. The first-order chi connectivity index (χ1) is 8.50. The number of hydrogen-bond acceptors (Lipinski definition) is 2. The van der Waals surface area contributed by atoms with Crippen LogP contribution in [0.15, 0.2) is 24.3 Å². The maximum atomic E-state index is 13.3. The quantitative estimate of drug-likeness (QED) is 0.818. The lowest BCUT2D eigenvalue weighted by Crippen LogP contribution is -2.22. The lowest BCUT2D eigenvalue weighted by atomic mass is 10.0. The average Bonchev–Trinajstić information content (AvgIpc) is 2.31. The molecule has 0 aromatic heterocycles. The van der Waals surface area contributed by atoms with Crippen molar-refractivity contribution in [3.05, 3.63) is 30.1 Å². The Kier molecular flexibility index (Phi) is 5.78. The van der Waals surface area contributed by atoms with Crippen LogP contribution >= 0.6 is 0 Å². The largest absolute Gasteiger partial charge is 0.328 e. The summed E-state index contributed by atoms with van der Waals surface area (Å²) >= 11 is 0. The second-order valence-corrected chi connectivity index (χ2v) is 4.78. The van der Waals surface area contributed by atoms with E-state index < -0.39 is 5.82 Å². The van der Waals surface area contributed by atoms with E-state index >= 15 is 0 Å². The molecular weight excluding hydrogens is 231 g/mol. The van der Waals surface area contributed by atoms with Gasteiger partial charge in [-0.15, -0.1) is 0 Å². The first kappa shape index (κ1) is 14.6. The fraction of sp³-hybridized carbons (Fsp3) is 0.500. The van der Waals surface area contributed by atoms with Crippen molar-refractivity contribution in [3.63, 3.8) is 0 Å². The molecule has 3 nitrogen and oxygen atoms in total. The molecule has 0 radical (unpaired) electrons. The molecule has 0 heterocycles. The summed E-state index contributed by atoms with van der Waals surface area (Å²) in [6.45, 7) is 3.79. The van der Waals surface area contributed by atoms with Crippen LogP contribution < -0.4 is 11.1 Å². The van der Waals surface area contributed by atoms with Gasteiger partial charge in [0.25, 0.3) is 0 Å². The monoisotopic (exact) mass is 252 g/mol. The smallest absolute Gasteiger partial charge is 0.227 e. The second kappa shape index (κ2) is 7.11. The van der Waals surface area contributed by atoms with Gasteiger partial charge in [-0.1, -0.05) is 25.5 Å². The van der Waals surface area contributed by atoms with E-state index in [1.54, 1.807) is 18.2 Å². The third-order valence-corrected chi connectivity index (χ3v) is 2.88. The molecule has 2 atom stereocenters. The maximum Gasteiger partial charge on any atom is 0.227 e. The van der Waals surface area contributed by atoms with Gasteiger partial charge in [-0.3, -0.25) is 4.79 Å². The van der Waals surface area contributed by atoms with Crippen LogP contribution in [0.3, 0.4) is 0 Å².